The summed E-state index contributed by atoms with van der Waals surface area (Å²) in [4.78, 5) is 12.5. The number of rotatable bonds is 5. The predicted molar refractivity (Wildman–Crippen MR) is 76.6 cm³/mol. The van der Waals surface area contributed by atoms with Crippen molar-refractivity contribution in [3.63, 3.8) is 0 Å². The molecule has 20 heavy (non-hydrogen) atoms. The first-order chi connectivity index (χ1) is 9.58. The minimum atomic E-state index is -0.495. The zero-order valence-corrected chi connectivity index (χ0v) is 12.8. The van der Waals surface area contributed by atoms with Gasteiger partial charge in [-0.1, -0.05) is 6.92 Å². The number of methoxy groups -OCH3 is 1. The van der Waals surface area contributed by atoms with Crippen LogP contribution in [0, 0.1) is 5.82 Å². The minimum Gasteiger partial charge on any atom is -0.494 e. The first kappa shape index (κ1) is 14.7. The topological polar surface area (TPSA) is 44.1 Å². The lowest BCUT2D eigenvalue weighted by molar-refractivity contribution is 0.102. The number of halogens is 2. The Morgan fingerprint density at radius 1 is 1.50 bits per heavy atom. The molecule has 1 aromatic carbocycles. The summed E-state index contributed by atoms with van der Waals surface area (Å²) in [5.41, 5.74) is 0.822. The van der Waals surface area contributed by atoms with E-state index < -0.39 is 5.82 Å². The molecule has 0 radical (unpaired) electrons. The molecule has 0 aliphatic rings. The third-order valence-electron chi connectivity index (χ3n) is 2.86. The average Bonchev–Trinajstić information content (AvgIpc) is 2.80. The molecule has 1 aromatic heterocycles. The van der Waals surface area contributed by atoms with Crippen molar-refractivity contribution < 1.29 is 13.9 Å². The summed E-state index contributed by atoms with van der Waals surface area (Å²) in [5.74, 6) is -0.667. The molecule has 4 nitrogen and oxygen atoms in total. The molecule has 0 unspecified atom stereocenters. The highest BCUT2D eigenvalue weighted by atomic mass is 79.9. The summed E-state index contributed by atoms with van der Waals surface area (Å²) in [6.07, 6.45) is 2.45. The SMILES string of the molecule is CCCn1ncc(Br)c1C(=O)c1ccc(F)c(OC)c1. The number of nitrogens with zero attached hydrogens (tertiary/aromatic N) is 2. The molecule has 0 saturated carbocycles. The second-order valence-electron chi connectivity index (χ2n) is 4.24. The molecule has 0 saturated heterocycles. The zero-order chi connectivity index (χ0) is 14.7. The van der Waals surface area contributed by atoms with E-state index in [2.05, 4.69) is 21.0 Å². The van der Waals surface area contributed by atoms with Crippen molar-refractivity contribution in [2.24, 2.45) is 0 Å². The molecular formula is C14H14BrFN2O2. The maximum Gasteiger partial charge on any atom is 0.212 e. The third kappa shape index (κ3) is 2.75. The van der Waals surface area contributed by atoms with E-state index in [1.807, 2.05) is 6.92 Å². The average molecular weight is 341 g/mol. The highest BCUT2D eigenvalue weighted by molar-refractivity contribution is 9.10. The van der Waals surface area contributed by atoms with Crippen molar-refractivity contribution in [3.8, 4) is 5.75 Å². The fourth-order valence-corrected chi connectivity index (χ4v) is 2.38. The van der Waals surface area contributed by atoms with E-state index in [9.17, 15) is 9.18 Å². The smallest absolute Gasteiger partial charge is 0.212 e. The monoisotopic (exact) mass is 340 g/mol. The van der Waals surface area contributed by atoms with Crippen LogP contribution in [0.4, 0.5) is 4.39 Å². The van der Waals surface area contributed by atoms with Crippen LogP contribution in [0.5, 0.6) is 5.75 Å². The third-order valence-corrected chi connectivity index (χ3v) is 3.44. The predicted octanol–water partition coefficient (Wildman–Crippen LogP) is 3.43. The molecule has 0 atom stereocenters. The summed E-state index contributed by atoms with van der Waals surface area (Å²) in [6, 6.07) is 4.06. The van der Waals surface area contributed by atoms with Crippen molar-refractivity contribution in [1.29, 1.82) is 0 Å². The van der Waals surface area contributed by atoms with Gasteiger partial charge in [0.1, 0.15) is 5.69 Å². The molecule has 0 aliphatic heterocycles. The first-order valence-corrected chi connectivity index (χ1v) is 6.97. The van der Waals surface area contributed by atoms with Crippen LogP contribution in [-0.2, 0) is 6.54 Å². The fraction of sp³-hybridized carbons (Fsp3) is 0.286. The number of carbonyl (C=O) groups is 1. The van der Waals surface area contributed by atoms with Crippen molar-refractivity contribution in [3.05, 3.63) is 45.9 Å². The number of hydrogen-bond acceptors (Lipinski definition) is 3. The quantitative estimate of drug-likeness (QED) is 0.783. The molecule has 0 N–H and O–H groups in total. The molecule has 6 heteroatoms. The van der Waals surface area contributed by atoms with Crippen LogP contribution in [0.1, 0.15) is 29.4 Å². The van der Waals surface area contributed by atoms with Gasteiger partial charge >= 0.3 is 0 Å². The Balaban J connectivity index is 2.43. The Morgan fingerprint density at radius 2 is 2.25 bits per heavy atom. The summed E-state index contributed by atoms with van der Waals surface area (Å²) in [7, 11) is 1.37. The van der Waals surface area contributed by atoms with Crippen molar-refractivity contribution in [1.82, 2.24) is 9.78 Å². The molecule has 106 valence electrons. The maximum absolute atomic E-state index is 13.4. The first-order valence-electron chi connectivity index (χ1n) is 6.18. The molecule has 0 bridgehead atoms. The van der Waals surface area contributed by atoms with E-state index >= 15 is 0 Å². The van der Waals surface area contributed by atoms with Crippen LogP contribution < -0.4 is 4.74 Å². The van der Waals surface area contributed by atoms with Gasteiger partial charge < -0.3 is 4.74 Å². The van der Waals surface area contributed by atoms with Gasteiger partial charge in [-0.15, -0.1) is 0 Å². The van der Waals surface area contributed by atoms with E-state index in [1.165, 1.54) is 25.3 Å². The van der Waals surface area contributed by atoms with E-state index in [0.29, 0.717) is 22.3 Å². The van der Waals surface area contributed by atoms with E-state index in [4.69, 9.17) is 4.74 Å². The molecule has 0 aliphatic carbocycles. The Kier molecular flexibility index (Phi) is 4.54. The van der Waals surface area contributed by atoms with Crippen LogP contribution in [0.2, 0.25) is 0 Å². The molecular weight excluding hydrogens is 327 g/mol. The summed E-state index contributed by atoms with van der Waals surface area (Å²) < 4.78 is 20.6. The number of carbonyl (C=O) groups excluding carboxylic acids is 1. The highest BCUT2D eigenvalue weighted by Gasteiger charge is 2.19. The van der Waals surface area contributed by atoms with Crippen LogP contribution >= 0.6 is 15.9 Å². The Hall–Kier alpha value is -1.69. The van der Waals surface area contributed by atoms with Crippen LogP contribution in [0.25, 0.3) is 0 Å². The lowest BCUT2D eigenvalue weighted by Crippen LogP contribution is -2.12. The van der Waals surface area contributed by atoms with Gasteiger partial charge in [0, 0.05) is 12.1 Å². The van der Waals surface area contributed by atoms with E-state index in [-0.39, 0.29) is 11.5 Å². The molecule has 0 amide bonds. The largest absolute Gasteiger partial charge is 0.494 e. The van der Waals surface area contributed by atoms with Gasteiger partial charge in [-0.05, 0) is 40.5 Å². The number of aromatic nitrogens is 2. The zero-order valence-electron chi connectivity index (χ0n) is 11.2. The number of ether oxygens (including phenoxy) is 1. The lowest BCUT2D eigenvalue weighted by Gasteiger charge is -2.08. The second-order valence-corrected chi connectivity index (χ2v) is 5.10. The molecule has 0 spiro atoms. The molecule has 0 fully saturated rings. The van der Waals surface area contributed by atoms with Gasteiger partial charge in [0.2, 0.25) is 5.78 Å². The normalized spacial score (nSPS) is 10.6. The van der Waals surface area contributed by atoms with Gasteiger partial charge in [0.15, 0.2) is 11.6 Å². The molecule has 1 heterocycles. The van der Waals surface area contributed by atoms with Crippen molar-refractivity contribution >= 4 is 21.7 Å². The minimum absolute atomic E-state index is 0.0496. The summed E-state index contributed by atoms with van der Waals surface area (Å²) in [5, 5.41) is 4.16. The van der Waals surface area contributed by atoms with Crippen molar-refractivity contribution in [2.75, 3.05) is 7.11 Å². The number of ketones is 1. The van der Waals surface area contributed by atoms with Gasteiger partial charge in [-0.3, -0.25) is 9.48 Å². The standard InChI is InChI=1S/C14H14BrFN2O2/c1-3-6-18-13(10(15)8-17-18)14(19)9-4-5-11(16)12(7-9)20-2/h4-5,7-8H,3,6H2,1-2H3. The summed E-state index contributed by atoms with van der Waals surface area (Å²) >= 11 is 3.33. The van der Waals surface area contributed by atoms with E-state index in [0.717, 1.165) is 6.42 Å². The van der Waals surface area contributed by atoms with Gasteiger partial charge in [-0.2, -0.15) is 5.10 Å². The fourth-order valence-electron chi connectivity index (χ4n) is 1.91. The van der Waals surface area contributed by atoms with E-state index in [1.54, 1.807) is 10.9 Å². The molecule has 2 aromatic rings. The van der Waals surface area contributed by atoms with Gasteiger partial charge in [0.25, 0.3) is 0 Å². The number of hydrogen-bond donors (Lipinski definition) is 0. The number of aryl methyl sites for hydroxylation is 1. The summed E-state index contributed by atoms with van der Waals surface area (Å²) in [6.45, 7) is 2.65. The second kappa shape index (κ2) is 6.17. The Morgan fingerprint density at radius 3 is 2.90 bits per heavy atom. The Labute approximate surface area is 124 Å². The lowest BCUT2D eigenvalue weighted by atomic mass is 10.1. The van der Waals surface area contributed by atoms with Crippen molar-refractivity contribution in [2.45, 2.75) is 19.9 Å². The Bertz CT molecular complexity index is 640. The number of benzene rings is 1. The van der Waals surface area contributed by atoms with Gasteiger partial charge in [0.05, 0.1) is 17.8 Å². The van der Waals surface area contributed by atoms with Crippen LogP contribution in [0.15, 0.2) is 28.9 Å². The molecule has 2 rings (SSSR count). The van der Waals surface area contributed by atoms with Crippen LogP contribution in [0.3, 0.4) is 0 Å². The highest BCUT2D eigenvalue weighted by Crippen LogP contribution is 2.24. The van der Waals surface area contributed by atoms with Gasteiger partial charge in [-0.25, -0.2) is 4.39 Å². The maximum atomic E-state index is 13.4. The van der Waals surface area contributed by atoms with Crippen LogP contribution in [-0.4, -0.2) is 22.7 Å².